The van der Waals surface area contributed by atoms with Crippen LogP contribution >= 0.6 is 0 Å². The van der Waals surface area contributed by atoms with Crippen LogP contribution in [0.2, 0.25) is 0 Å². The van der Waals surface area contributed by atoms with Crippen LogP contribution in [-0.4, -0.2) is 108 Å². The van der Waals surface area contributed by atoms with E-state index in [9.17, 15) is 14.4 Å². The Bertz CT molecular complexity index is 2700. The zero-order valence-corrected chi connectivity index (χ0v) is 42.7. The third-order valence-electron chi connectivity index (χ3n) is 14.2. The maximum atomic E-state index is 14.7. The number of nitrogens with one attached hydrogen (secondary N) is 2. The van der Waals surface area contributed by atoms with Crippen LogP contribution < -0.4 is 10.7 Å². The summed E-state index contributed by atoms with van der Waals surface area (Å²) < 4.78 is 26.9. The minimum Gasteiger partial charge on any atom is -0.464 e. The highest BCUT2D eigenvalue weighted by Crippen LogP contribution is 2.40. The highest BCUT2D eigenvalue weighted by Gasteiger charge is 2.39. The molecule has 3 aromatic carbocycles. The molecule has 0 spiro atoms. The summed E-state index contributed by atoms with van der Waals surface area (Å²) in [5.74, 6) is -1.37. The Morgan fingerprint density at radius 3 is 2.38 bits per heavy atom. The number of methoxy groups -OCH3 is 1. The number of cyclic esters (lactones) is 1. The van der Waals surface area contributed by atoms with Crippen LogP contribution in [-0.2, 0) is 48.0 Å². The number of hydrogen-bond donors (Lipinski definition) is 2. The van der Waals surface area contributed by atoms with E-state index in [0.717, 1.165) is 39.0 Å². The Kier molecular flexibility index (Phi) is 16.2. The van der Waals surface area contributed by atoms with Crippen LogP contribution in [0.25, 0.3) is 27.9 Å². The summed E-state index contributed by atoms with van der Waals surface area (Å²) in [7, 11) is 1.67. The number of ether oxygens (including phenoxy) is 3. The smallest absolute Gasteiger partial charge is 0.324 e. The fourth-order valence-corrected chi connectivity index (χ4v) is 10.2. The van der Waals surface area contributed by atoms with Gasteiger partial charge in [0, 0.05) is 73.4 Å². The molecule has 376 valence electrons. The number of aliphatic imine (C=N–C) groups is 1. The average molecular weight is 966 g/mol. The number of benzene rings is 3. The molecule has 0 radical (unpaired) electrons. The minimum atomic E-state index is -1.03. The van der Waals surface area contributed by atoms with Crippen molar-refractivity contribution in [2.75, 3.05) is 40.0 Å². The zero-order chi connectivity index (χ0) is 50.4. The van der Waals surface area contributed by atoms with Gasteiger partial charge in [-0.25, -0.2) is 10.4 Å². The van der Waals surface area contributed by atoms with Crippen molar-refractivity contribution in [3.05, 3.63) is 132 Å². The number of esters is 1. The number of fused-ring (bicyclic) bond motifs is 6. The molecule has 71 heavy (non-hydrogen) atoms. The highest BCUT2D eigenvalue weighted by atomic mass is 16.5. The van der Waals surface area contributed by atoms with E-state index in [2.05, 4.69) is 108 Å². The van der Waals surface area contributed by atoms with Crippen molar-refractivity contribution in [2.45, 2.75) is 111 Å². The molecule has 14 heteroatoms. The monoisotopic (exact) mass is 966 g/mol. The standard InChI is InChI=1S/C57H71N7O7/c1-10-43(50(58-11-2)37(6)68-9)52-45-30-57(7,8)35-71-56(67)47-24-19-27-64(61-47)55(66)48(29-41-33-70-54(59-41)40-25-26-49(44(45)28-40)63(52)12-3)60-53(65)46(36(4)5)34-69-42-31-62(32-42)51(38-20-15-13-16-21-38)39-22-17-14-18-23-39/h10-11,13-18,20-23,25-26,28,33,36-37,42,46-48,51,61H,1,12,19,24,27,29-32,34-35H2,2-9H3,(H,60,65)/b50-43+,58-11-/t37-,46-,47-,48-/m0/s1. The van der Waals surface area contributed by atoms with Gasteiger partial charge in [0.05, 0.1) is 54.5 Å². The van der Waals surface area contributed by atoms with Crippen molar-refractivity contribution >= 4 is 40.5 Å². The first-order chi connectivity index (χ1) is 34.2. The summed E-state index contributed by atoms with van der Waals surface area (Å²) in [6.45, 7) is 21.1. The summed E-state index contributed by atoms with van der Waals surface area (Å²) in [5.41, 5.74) is 10.9. The van der Waals surface area contributed by atoms with Gasteiger partial charge in [-0.1, -0.05) is 101 Å². The summed E-state index contributed by atoms with van der Waals surface area (Å²) >= 11 is 0. The van der Waals surface area contributed by atoms with Gasteiger partial charge >= 0.3 is 5.97 Å². The molecular formula is C57H71N7O7. The van der Waals surface area contributed by atoms with E-state index in [1.54, 1.807) is 19.6 Å². The lowest BCUT2D eigenvalue weighted by Gasteiger charge is -2.45. The summed E-state index contributed by atoms with van der Waals surface area (Å²) in [6.07, 6.45) is 6.42. The van der Waals surface area contributed by atoms with Crippen molar-refractivity contribution in [3.63, 3.8) is 0 Å². The van der Waals surface area contributed by atoms with Gasteiger partial charge in [0.25, 0.3) is 5.91 Å². The van der Waals surface area contributed by atoms with Crippen LogP contribution in [0.1, 0.15) is 95.4 Å². The van der Waals surface area contributed by atoms with E-state index in [1.807, 2.05) is 52.0 Å². The van der Waals surface area contributed by atoms with Gasteiger partial charge in [-0.2, -0.15) is 0 Å². The summed E-state index contributed by atoms with van der Waals surface area (Å²) in [5, 5.41) is 5.55. The Hall–Kier alpha value is -6.19. The number of hydrazine groups is 1. The van der Waals surface area contributed by atoms with Gasteiger partial charge in [-0.15, -0.1) is 0 Å². The molecule has 0 saturated carbocycles. The second-order valence-corrected chi connectivity index (χ2v) is 20.2. The van der Waals surface area contributed by atoms with Crippen molar-refractivity contribution in [1.29, 1.82) is 0 Å². The summed E-state index contributed by atoms with van der Waals surface area (Å²) in [6, 6.07) is 25.4. The van der Waals surface area contributed by atoms with E-state index in [4.69, 9.17) is 28.6 Å². The molecular weight excluding hydrogens is 895 g/mol. The summed E-state index contributed by atoms with van der Waals surface area (Å²) in [4.78, 5) is 55.2. The maximum Gasteiger partial charge on any atom is 0.324 e. The number of hydrogen-bond acceptors (Lipinski definition) is 11. The molecule has 3 aliphatic rings. The highest BCUT2D eigenvalue weighted by molar-refractivity contribution is 5.95. The van der Waals surface area contributed by atoms with Crippen LogP contribution in [0.15, 0.2) is 113 Å². The zero-order valence-electron chi connectivity index (χ0n) is 42.7. The number of carbonyl (C=O) groups is 3. The van der Waals surface area contributed by atoms with E-state index in [1.165, 1.54) is 16.1 Å². The van der Waals surface area contributed by atoms with Gasteiger partial charge in [0.2, 0.25) is 11.8 Å². The predicted molar refractivity (Wildman–Crippen MR) is 277 cm³/mol. The van der Waals surface area contributed by atoms with Gasteiger partial charge in [0.1, 0.15) is 18.3 Å². The second-order valence-electron chi connectivity index (χ2n) is 20.2. The lowest BCUT2D eigenvalue weighted by Crippen LogP contribution is -2.61. The molecule has 0 unspecified atom stereocenters. The van der Waals surface area contributed by atoms with Crippen LogP contribution in [0, 0.1) is 17.3 Å². The van der Waals surface area contributed by atoms with Crippen LogP contribution in [0.4, 0.5) is 0 Å². The molecule has 0 aliphatic carbocycles. The first kappa shape index (κ1) is 51.2. The molecule has 2 N–H and O–H groups in total. The van der Waals surface area contributed by atoms with Crippen LogP contribution in [0.5, 0.6) is 0 Å². The molecule has 14 nitrogen and oxygen atoms in total. The molecule has 8 rings (SSSR count). The lowest BCUT2D eigenvalue weighted by molar-refractivity contribution is -0.155. The predicted octanol–water partition coefficient (Wildman–Crippen LogP) is 8.75. The fourth-order valence-electron chi connectivity index (χ4n) is 10.2. The lowest BCUT2D eigenvalue weighted by atomic mass is 9.84. The number of aromatic nitrogens is 2. The van der Waals surface area contributed by atoms with Crippen molar-refractivity contribution < 1.29 is 33.0 Å². The quantitative estimate of drug-likeness (QED) is 0.0592. The first-order valence-electron chi connectivity index (χ1n) is 25.2. The topological polar surface area (TPSA) is 153 Å². The Morgan fingerprint density at radius 1 is 1.04 bits per heavy atom. The fraction of sp³-hybridized carbons (Fsp3) is 0.456. The largest absolute Gasteiger partial charge is 0.464 e. The van der Waals surface area contributed by atoms with Crippen molar-refractivity contribution in [1.82, 2.24) is 30.2 Å². The number of nitrogens with zero attached hydrogens (tertiary/aromatic N) is 5. The minimum absolute atomic E-state index is 0.0505. The number of aryl methyl sites for hydroxylation is 1. The SMILES string of the molecule is C=C/C(=C(\N=C/C)[C@H](C)OC)c1c2c3cc(ccc3n1CC)-c1nc(co1)C[C@H](NC(=O)[C@@H](COC1CN(C(c3ccccc3)c3ccccc3)C1)C(C)C)C(=O)N1CCC[C@H](N1)C(=O)OCC(C)(C)C2. The Morgan fingerprint density at radius 2 is 1.75 bits per heavy atom. The number of likely N-dealkylation sites (tertiary alicyclic amines) is 1. The van der Waals surface area contributed by atoms with E-state index >= 15 is 0 Å². The molecule has 5 heterocycles. The molecule has 3 aliphatic heterocycles. The van der Waals surface area contributed by atoms with Crippen LogP contribution in [0.3, 0.4) is 0 Å². The Balaban J connectivity index is 1.09. The molecule has 2 fully saturated rings. The van der Waals surface area contributed by atoms with Gasteiger partial charge < -0.3 is 28.5 Å². The molecule has 2 saturated heterocycles. The normalized spacial score (nSPS) is 20.4. The Labute approximate surface area is 418 Å². The number of rotatable bonds is 15. The van der Waals surface area contributed by atoms with Gasteiger partial charge in [-0.3, -0.25) is 29.3 Å². The van der Waals surface area contributed by atoms with Gasteiger partial charge in [-0.05, 0) is 80.8 Å². The molecule has 2 aromatic heterocycles. The first-order valence-corrected chi connectivity index (χ1v) is 25.2. The molecule has 2 amide bonds. The molecule has 6 bridgehead atoms. The molecule has 4 atom stereocenters. The average Bonchev–Trinajstić information content (AvgIpc) is 3.95. The third-order valence-corrected chi connectivity index (χ3v) is 14.2. The number of carbonyl (C=O) groups excluding carboxylic acids is 3. The molecule has 5 aromatic rings. The van der Waals surface area contributed by atoms with E-state index in [-0.39, 0.29) is 55.6 Å². The number of amides is 2. The van der Waals surface area contributed by atoms with Crippen molar-refractivity contribution in [2.24, 2.45) is 22.2 Å². The number of oxazole rings is 1. The number of allylic oxidation sites excluding steroid dienone is 2. The van der Waals surface area contributed by atoms with E-state index < -0.39 is 29.4 Å². The maximum absolute atomic E-state index is 14.7. The van der Waals surface area contributed by atoms with Crippen molar-refractivity contribution in [3.8, 4) is 11.5 Å². The second kappa shape index (κ2) is 22.5. The van der Waals surface area contributed by atoms with Gasteiger partial charge in [0.15, 0.2) is 0 Å². The van der Waals surface area contributed by atoms with E-state index in [0.29, 0.717) is 57.0 Å². The third kappa shape index (κ3) is 11.3.